The molecule has 2 rings (SSSR count). The Labute approximate surface area is 111 Å². The van der Waals surface area contributed by atoms with Crippen LogP contribution in [0.15, 0.2) is 48.8 Å². The fourth-order valence-corrected chi connectivity index (χ4v) is 1.70. The summed E-state index contributed by atoms with van der Waals surface area (Å²) in [6.45, 7) is 0.273. The second-order valence-electron chi connectivity index (χ2n) is 4.07. The van der Waals surface area contributed by atoms with E-state index in [0.717, 1.165) is 12.0 Å². The normalized spacial score (nSPS) is 10.2. The quantitative estimate of drug-likeness (QED) is 0.612. The van der Waals surface area contributed by atoms with Gasteiger partial charge in [-0.05, 0) is 42.7 Å². The average Bonchev–Trinajstić information content (AvgIpc) is 2.45. The van der Waals surface area contributed by atoms with E-state index in [-0.39, 0.29) is 12.2 Å². The summed E-state index contributed by atoms with van der Waals surface area (Å²) in [5.41, 5.74) is 1.11. The third-order valence-corrected chi connectivity index (χ3v) is 2.69. The number of carbonyl (C=O) groups excluding carboxylic acids is 1. The molecule has 0 amide bonds. The molecule has 4 heteroatoms. The summed E-state index contributed by atoms with van der Waals surface area (Å²) in [4.78, 5) is 15.5. The van der Waals surface area contributed by atoms with Crippen LogP contribution in [0.4, 0.5) is 4.39 Å². The summed E-state index contributed by atoms with van der Waals surface area (Å²) in [7, 11) is 0. The molecule has 19 heavy (non-hydrogen) atoms. The number of esters is 1. The lowest BCUT2D eigenvalue weighted by Gasteiger charge is -2.05. The molecule has 3 nitrogen and oxygen atoms in total. The Morgan fingerprint density at radius 2 is 1.89 bits per heavy atom. The van der Waals surface area contributed by atoms with Crippen LogP contribution in [0.2, 0.25) is 0 Å². The van der Waals surface area contributed by atoms with Gasteiger partial charge in [0.05, 0.1) is 12.2 Å². The van der Waals surface area contributed by atoms with E-state index >= 15 is 0 Å². The van der Waals surface area contributed by atoms with Crippen LogP contribution in [0.5, 0.6) is 0 Å². The molecular weight excluding hydrogens is 245 g/mol. The summed E-state index contributed by atoms with van der Waals surface area (Å²) >= 11 is 0. The van der Waals surface area contributed by atoms with Gasteiger partial charge in [-0.25, -0.2) is 9.18 Å². The minimum atomic E-state index is -0.618. The minimum absolute atomic E-state index is 0.0218. The molecule has 0 aliphatic rings. The van der Waals surface area contributed by atoms with Crippen molar-refractivity contribution in [3.05, 3.63) is 65.7 Å². The van der Waals surface area contributed by atoms with Gasteiger partial charge in [-0.2, -0.15) is 0 Å². The lowest BCUT2D eigenvalue weighted by atomic mass is 10.1. The van der Waals surface area contributed by atoms with Gasteiger partial charge in [0.2, 0.25) is 0 Å². The third kappa shape index (κ3) is 3.88. The predicted octanol–water partition coefficient (Wildman–Crippen LogP) is 3.01. The predicted molar refractivity (Wildman–Crippen MR) is 69.2 cm³/mol. The van der Waals surface area contributed by atoms with E-state index in [2.05, 4.69) is 4.98 Å². The number of aryl methyl sites for hydroxylation is 1. The molecule has 98 valence electrons. The van der Waals surface area contributed by atoms with Gasteiger partial charge >= 0.3 is 5.97 Å². The van der Waals surface area contributed by atoms with Crippen molar-refractivity contribution in [1.82, 2.24) is 4.98 Å². The summed E-state index contributed by atoms with van der Waals surface area (Å²) in [6, 6.07) is 9.64. The number of rotatable bonds is 5. The molecule has 0 saturated heterocycles. The number of ether oxygens (including phenoxy) is 1. The van der Waals surface area contributed by atoms with E-state index in [9.17, 15) is 9.18 Å². The van der Waals surface area contributed by atoms with Crippen LogP contribution in [0.3, 0.4) is 0 Å². The highest BCUT2D eigenvalue weighted by molar-refractivity contribution is 5.89. The van der Waals surface area contributed by atoms with Crippen molar-refractivity contribution < 1.29 is 13.9 Å². The van der Waals surface area contributed by atoms with Crippen molar-refractivity contribution >= 4 is 5.97 Å². The molecule has 0 fully saturated rings. The zero-order valence-corrected chi connectivity index (χ0v) is 10.4. The zero-order chi connectivity index (χ0) is 13.5. The second-order valence-corrected chi connectivity index (χ2v) is 4.07. The fourth-order valence-electron chi connectivity index (χ4n) is 1.70. The molecule has 2 aromatic rings. The Kier molecular flexibility index (Phi) is 4.61. The SMILES string of the molecule is O=C(OCCCc1ccncc1)c1ccccc1F. The van der Waals surface area contributed by atoms with Gasteiger partial charge in [0, 0.05) is 12.4 Å². The summed E-state index contributed by atoms with van der Waals surface area (Å²) in [6.07, 6.45) is 4.94. The first-order valence-electron chi connectivity index (χ1n) is 6.08. The third-order valence-electron chi connectivity index (χ3n) is 2.69. The van der Waals surface area contributed by atoms with Crippen LogP contribution in [0, 0.1) is 5.82 Å². The van der Waals surface area contributed by atoms with Crippen molar-refractivity contribution in [1.29, 1.82) is 0 Å². The number of pyridine rings is 1. The number of hydrogen-bond acceptors (Lipinski definition) is 3. The van der Waals surface area contributed by atoms with Crippen LogP contribution in [-0.4, -0.2) is 17.6 Å². The molecule has 0 spiro atoms. The number of nitrogens with zero attached hydrogens (tertiary/aromatic N) is 1. The molecule has 0 atom stereocenters. The molecule has 1 aromatic carbocycles. The molecule has 0 aliphatic heterocycles. The first kappa shape index (κ1) is 13.2. The highest BCUT2D eigenvalue weighted by Gasteiger charge is 2.11. The van der Waals surface area contributed by atoms with E-state index in [0.29, 0.717) is 6.42 Å². The van der Waals surface area contributed by atoms with Crippen LogP contribution in [-0.2, 0) is 11.2 Å². The lowest BCUT2D eigenvalue weighted by Crippen LogP contribution is -2.09. The van der Waals surface area contributed by atoms with Gasteiger partial charge in [0.25, 0.3) is 0 Å². The highest BCUT2D eigenvalue weighted by atomic mass is 19.1. The number of hydrogen-bond donors (Lipinski definition) is 0. The summed E-state index contributed by atoms with van der Waals surface area (Å²) < 4.78 is 18.3. The van der Waals surface area contributed by atoms with Crippen molar-refractivity contribution in [2.45, 2.75) is 12.8 Å². The summed E-state index contributed by atoms with van der Waals surface area (Å²) in [5.74, 6) is -1.17. The first-order chi connectivity index (χ1) is 9.27. The Morgan fingerprint density at radius 1 is 1.16 bits per heavy atom. The van der Waals surface area contributed by atoms with E-state index in [1.54, 1.807) is 18.5 Å². The van der Waals surface area contributed by atoms with Crippen molar-refractivity contribution in [2.75, 3.05) is 6.61 Å². The number of aromatic nitrogens is 1. The molecule has 0 unspecified atom stereocenters. The van der Waals surface area contributed by atoms with Crippen LogP contribution in [0.25, 0.3) is 0 Å². The average molecular weight is 259 g/mol. The number of halogens is 1. The first-order valence-corrected chi connectivity index (χ1v) is 6.08. The maximum atomic E-state index is 13.3. The van der Waals surface area contributed by atoms with E-state index in [4.69, 9.17) is 4.74 Å². The highest BCUT2D eigenvalue weighted by Crippen LogP contribution is 2.08. The maximum absolute atomic E-state index is 13.3. The van der Waals surface area contributed by atoms with Crippen LogP contribution >= 0.6 is 0 Å². The van der Waals surface area contributed by atoms with Gasteiger partial charge in [-0.3, -0.25) is 4.98 Å². The number of carbonyl (C=O) groups is 1. The molecule has 0 N–H and O–H groups in total. The topological polar surface area (TPSA) is 39.2 Å². The van der Waals surface area contributed by atoms with Crippen molar-refractivity contribution in [2.24, 2.45) is 0 Å². The number of benzene rings is 1. The van der Waals surface area contributed by atoms with E-state index < -0.39 is 11.8 Å². The van der Waals surface area contributed by atoms with Crippen LogP contribution in [0.1, 0.15) is 22.3 Å². The molecule has 1 heterocycles. The Morgan fingerprint density at radius 3 is 2.63 bits per heavy atom. The van der Waals surface area contributed by atoms with Gasteiger partial charge in [0.1, 0.15) is 5.82 Å². The fraction of sp³-hybridized carbons (Fsp3) is 0.200. The minimum Gasteiger partial charge on any atom is -0.462 e. The van der Waals surface area contributed by atoms with Gasteiger partial charge in [-0.15, -0.1) is 0 Å². The Balaban J connectivity index is 1.77. The molecule has 0 bridgehead atoms. The van der Waals surface area contributed by atoms with Crippen molar-refractivity contribution in [3.63, 3.8) is 0 Å². The molecule has 0 aliphatic carbocycles. The van der Waals surface area contributed by atoms with Gasteiger partial charge in [0.15, 0.2) is 0 Å². The van der Waals surface area contributed by atoms with Gasteiger partial charge < -0.3 is 4.74 Å². The Hall–Kier alpha value is -2.23. The smallest absolute Gasteiger partial charge is 0.341 e. The largest absolute Gasteiger partial charge is 0.462 e. The zero-order valence-electron chi connectivity index (χ0n) is 10.4. The molecule has 0 radical (unpaired) electrons. The second kappa shape index (κ2) is 6.64. The monoisotopic (exact) mass is 259 g/mol. The van der Waals surface area contributed by atoms with E-state index in [1.807, 2.05) is 12.1 Å². The summed E-state index contributed by atoms with van der Waals surface area (Å²) in [5, 5.41) is 0. The van der Waals surface area contributed by atoms with E-state index in [1.165, 1.54) is 18.2 Å². The molecule has 0 saturated carbocycles. The van der Waals surface area contributed by atoms with Crippen molar-refractivity contribution in [3.8, 4) is 0 Å². The van der Waals surface area contributed by atoms with Crippen LogP contribution < -0.4 is 0 Å². The molecular formula is C15H14FNO2. The van der Waals surface area contributed by atoms with Gasteiger partial charge in [-0.1, -0.05) is 12.1 Å². The standard InChI is InChI=1S/C15H14FNO2/c16-14-6-2-1-5-13(14)15(18)19-11-3-4-12-7-9-17-10-8-12/h1-2,5-10H,3-4,11H2. The molecule has 1 aromatic heterocycles. The lowest BCUT2D eigenvalue weighted by molar-refractivity contribution is 0.0495. The maximum Gasteiger partial charge on any atom is 0.341 e. The Bertz CT molecular complexity index is 543.